The minimum atomic E-state index is -0.344. The molecule has 0 amide bonds. The molecule has 23 heavy (non-hydrogen) atoms. The van der Waals surface area contributed by atoms with E-state index in [4.69, 9.17) is 4.74 Å². The highest BCUT2D eigenvalue weighted by Crippen LogP contribution is 2.55. The van der Waals surface area contributed by atoms with Crippen molar-refractivity contribution in [3.05, 3.63) is 40.6 Å². The van der Waals surface area contributed by atoms with Crippen LogP contribution in [0.4, 0.5) is 0 Å². The lowest BCUT2D eigenvalue weighted by Crippen LogP contribution is -2.30. The molecule has 0 bridgehead atoms. The van der Waals surface area contributed by atoms with Gasteiger partial charge in [0.15, 0.2) is 0 Å². The van der Waals surface area contributed by atoms with E-state index in [1.165, 1.54) is 25.1 Å². The molecule has 0 radical (unpaired) electrons. The smallest absolute Gasteiger partial charge is 0.307 e. The summed E-state index contributed by atoms with van der Waals surface area (Å²) in [6.07, 6.45) is 5.14. The van der Waals surface area contributed by atoms with Gasteiger partial charge >= 0.3 is 5.97 Å². The van der Waals surface area contributed by atoms with Crippen LogP contribution >= 0.6 is 11.8 Å². The number of hydrogen-bond donors (Lipinski definition) is 0. The minimum absolute atomic E-state index is 0.0388. The van der Waals surface area contributed by atoms with Crippen molar-refractivity contribution in [2.45, 2.75) is 57.6 Å². The van der Waals surface area contributed by atoms with E-state index in [1.807, 2.05) is 32.0 Å². The molecule has 0 N–H and O–H groups in total. The molecule has 1 aromatic rings. The van der Waals surface area contributed by atoms with Crippen molar-refractivity contribution in [3.63, 3.8) is 0 Å². The Morgan fingerprint density at radius 2 is 1.87 bits per heavy atom. The largest absolute Gasteiger partial charge is 0.429 e. The first-order valence-corrected chi connectivity index (χ1v) is 8.99. The Morgan fingerprint density at radius 1 is 1.17 bits per heavy atom. The van der Waals surface area contributed by atoms with Crippen molar-refractivity contribution in [2.24, 2.45) is 0 Å². The molecule has 1 spiro atoms. The third-order valence-corrected chi connectivity index (χ3v) is 6.08. The summed E-state index contributed by atoms with van der Waals surface area (Å²) in [4.78, 5) is 24.5. The van der Waals surface area contributed by atoms with Gasteiger partial charge in [0, 0.05) is 6.92 Å². The molecule has 0 atom stereocenters. The van der Waals surface area contributed by atoms with Gasteiger partial charge in [-0.15, -0.1) is 0 Å². The molecule has 1 fully saturated rings. The van der Waals surface area contributed by atoms with Crippen molar-refractivity contribution >= 4 is 28.4 Å². The summed E-state index contributed by atoms with van der Waals surface area (Å²) in [5.41, 5.74) is 3.65. The van der Waals surface area contributed by atoms with Crippen LogP contribution in [-0.4, -0.2) is 15.8 Å². The van der Waals surface area contributed by atoms with Gasteiger partial charge in [-0.1, -0.05) is 54.8 Å². The van der Waals surface area contributed by atoms with E-state index < -0.39 is 0 Å². The number of thioether (sulfide) groups is 1. The molecule has 2 aliphatic rings. The van der Waals surface area contributed by atoms with Gasteiger partial charge in [-0.05, 0) is 37.8 Å². The van der Waals surface area contributed by atoms with Crippen LogP contribution in [0.5, 0.6) is 0 Å². The highest BCUT2D eigenvalue weighted by atomic mass is 32.2. The summed E-state index contributed by atoms with van der Waals surface area (Å²) in [6.45, 7) is 5.42. The van der Waals surface area contributed by atoms with Gasteiger partial charge in [0.1, 0.15) is 5.76 Å². The maximum Gasteiger partial charge on any atom is 0.307 e. The average molecular weight is 330 g/mol. The second-order valence-corrected chi connectivity index (χ2v) is 7.92. The van der Waals surface area contributed by atoms with E-state index >= 15 is 0 Å². The molecule has 0 aromatic heterocycles. The van der Waals surface area contributed by atoms with Gasteiger partial charge in [-0.3, -0.25) is 9.59 Å². The molecule has 3 rings (SSSR count). The fourth-order valence-corrected chi connectivity index (χ4v) is 4.96. The molecule has 1 aliphatic heterocycles. The van der Waals surface area contributed by atoms with Crippen molar-refractivity contribution in [1.82, 2.24) is 0 Å². The van der Waals surface area contributed by atoms with Crippen LogP contribution in [0, 0.1) is 13.8 Å². The van der Waals surface area contributed by atoms with E-state index in [1.54, 1.807) is 0 Å². The molecule has 122 valence electrons. The zero-order valence-electron chi connectivity index (χ0n) is 13.9. The van der Waals surface area contributed by atoms with Crippen molar-refractivity contribution in [1.29, 1.82) is 0 Å². The van der Waals surface area contributed by atoms with Crippen molar-refractivity contribution in [3.8, 4) is 0 Å². The van der Waals surface area contributed by atoms with Crippen molar-refractivity contribution < 1.29 is 14.3 Å². The standard InChI is InChI=1S/C19H22O3S/c1-12-7-8-13(2)15(11-12)16-17(22-14(3)20)19(23-18(16)21)9-5-4-6-10-19/h7-8,11H,4-6,9-10H2,1-3H3. The predicted molar refractivity (Wildman–Crippen MR) is 93.0 cm³/mol. The molecule has 1 aliphatic carbocycles. The van der Waals surface area contributed by atoms with Gasteiger partial charge in [0.25, 0.3) is 0 Å². The summed E-state index contributed by atoms with van der Waals surface area (Å²) in [6, 6.07) is 6.08. The molecule has 1 saturated carbocycles. The van der Waals surface area contributed by atoms with Gasteiger partial charge in [0.05, 0.1) is 10.3 Å². The summed E-state index contributed by atoms with van der Waals surface area (Å²) in [7, 11) is 0. The Kier molecular flexibility index (Phi) is 4.37. The van der Waals surface area contributed by atoms with Crippen LogP contribution in [0.1, 0.15) is 55.7 Å². The first-order chi connectivity index (χ1) is 10.9. The Hall–Kier alpha value is -1.55. The van der Waals surface area contributed by atoms with Crippen LogP contribution in [0.25, 0.3) is 5.57 Å². The number of esters is 1. The molecular weight excluding hydrogens is 308 g/mol. The zero-order valence-corrected chi connectivity index (χ0v) is 14.7. The predicted octanol–water partition coefficient (Wildman–Crippen LogP) is 4.55. The summed E-state index contributed by atoms with van der Waals surface area (Å²) in [5.74, 6) is 0.261. The van der Waals surface area contributed by atoms with Gasteiger partial charge in [0.2, 0.25) is 5.12 Å². The molecule has 4 heteroatoms. The third-order valence-electron chi connectivity index (χ3n) is 4.70. The third kappa shape index (κ3) is 2.97. The number of carbonyl (C=O) groups is 2. The second-order valence-electron chi connectivity index (χ2n) is 6.56. The Labute approximate surface area is 141 Å². The molecule has 1 aromatic carbocycles. The Morgan fingerprint density at radius 3 is 2.52 bits per heavy atom. The number of ether oxygens (including phenoxy) is 1. The monoisotopic (exact) mass is 330 g/mol. The normalized spacial score (nSPS) is 20.2. The van der Waals surface area contributed by atoms with E-state index in [0.29, 0.717) is 11.3 Å². The molecule has 0 unspecified atom stereocenters. The summed E-state index contributed by atoms with van der Waals surface area (Å²) in [5, 5.41) is 0.0388. The SMILES string of the molecule is CC(=O)OC1=C(c2cc(C)ccc2C)C(=O)SC12CCCCC2. The van der Waals surface area contributed by atoms with Crippen LogP contribution in [0.2, 0.25) is 0 Å². The van der Waals surface area contributed by atoms with Crippen LogP contribution in [0.15, 0.2) is 24.0 Å². The van der Waals surface area contributed by atoms with E-state index in [0.717, 1.165) is 42.4 Å². The minimum Gasteiger partial charge on any atom is -0.429 e. The first kappa shape index (κ1) is 16.3. The molecule has 3 nitrogen and oxygen atoms in total. The zero-order chi connectivity index (χ0) is 16.6. The maximum absolute atomic E-state index is 12.8. The lowest BCUT2D eigenvalue weighted by atomic mass is 9.84. The Bertz CT molecular complexity index is 697. The Balaban J connectivity index is 2.18. The lowest BCUT2D eigenvalue weighted by Gasteiger charge is -2.33. The van der Waals surface area contributed by atoms with Crippen LogP contribution < -0.4 is 0 Å². The van der Waals surface area contributed by atoms with E-state index in [9.17, 15) is 9.59 Å². The molecular formula is C19H22O3S. The summed E-state index contributed by atoms with van der Waals surface area (Å²) < 4.78 is 5.30. The topological polar surface area (TPSA) is 43.4 Å². The van der Waals surface area contributed by atoms with Crippen molar-refractivity contribution in [2.75, 3.05) is 0 Å². The fourth-order valence-electron chi connectivity index (χ4n) is 3.57. The number of aryl methyl sites for hydroxylation is 2. The van der Waals surface area contributed by atoms with Gasteiger partial charge in [-0.2, -0.15) is 0 Å². The molecule has 0 saturated heterocycles. The van der Waals surface area contributed by atoms with Gasteiger partial charge < -0.3 is 4.74 Å². The average Bonchev–Trinajstić information content (AvgIpc) is 2.74. The van der Waals surface area contributed by atoms with Crippen LogP contribution in [-0.2, 0) is 14.3 Å². The van der Waals surface area contributed by atoms with Gasteiger partial charge in [-0.25, -0.2) is 0 Å². The number of benzene rings is 1. The summed E-state index contributed by atoms with van der Waals surface area (Å²) >= 11 is 1.37. The first-order valence-electron chi connectivity index (χ1n) is 8.17. The maximum atomic E-state index is 12.8. The number of carbonyl (C=O) groups excluding carboxylic acids is 2. The highest BCUT2D eigenvalue weighted by molar-refractivity contribution is 8.16. The fraction of sp³-hybridized carbons (Fsp3) is 0.474. The quantitative estimate of drug-likeness (QED) is 0.746. The lowest BCUT2D eigenvalue weighted by molar-refractivity contribution is -0.137. The van der Waals surface area contributed by atoms with E-state index in [2.05, 4.69) is 0 Å². The number of rotatable bonds is 2. The second kappa shape index (κ2) is 6.16. The highest BCUT2D eigenvalue weighted by Gasteiger charge is 2.49. The van der Waals surface area contributed by atoms with Crippen LogP contribution in [0.3, 0.4) is 0 Å². The molecule has 1 heterocycles. The van der Waals surface area contributed by atoms with E-state index in [-0.39, 0.29) is 15.8 Å². The number of hydrogen-bond acceptors (Lipinski definition) is 4.